The summed E-state index contributed by atoms with van der Waals surface area (Å²) < 4.78 is 1.56. The van der Waals surface area contributed by atoms with Gasteiger partial charge in [0.1, 0.15) is 6.20 Å². The molecule has 1 N–H and O–H groups in total. The zero-order valence-corrected chi connectivity index (χ0v) is 10.1. The number of nitrogens with zero attached hydrogens (tertiary/aromatic N) is 5. The number of carboxylic acids is 1. The lowest BCUT2D eigenvalue weighted by Crippen LogP contribution is -2.04. The van der Waals surface area contributed by atoms with Crippen molar-refractivity contribution >= 4 is 27.6 Å². The lowest BCUT2D eigenvalue weighted by atomic mass is 10.4. The largest absolute Gasteiger partial charge is 0.476 e. The summed E-state index contributed by atoms with van der Waals surface area (Å²) in [5, 5.41) is 23.0. The number of nitro groups is 1. The number of hydrogen-bond donors (Lipinski definition) is 1. The molecule has 18 heavy (non-hydrogen) atoms. The van der Waals surface area contributed by atoms with E-state index in [0.29, 0.717) is 4.47 Å². The Labute approximate surface area is 107 Å². The quantitative estimate of drug-likeness (QED) is 0.662. The minimum absolute atomic E-state index is 0.0359. The molecule has 0 saturated carbocycles. The molecule has 0 bridgehead atoms. The van der Waals surface area contributed by atoms with Gasteiger partial charge in [0, 0.05) is 12.4 Å². The maximum atomic E-state index is 10.8. The van der Waals surface area contributed by atoms with Gasteiger partial charge in [0.2, 0.25) is 5.69 Å². The standard InChI is InChI=1S/C8H4BrN5O4/c9-4-1-10-8(11-2-4)13-3-5(14(17)18)6(12-13)7(15)16/h1-3H,(H,15,16). The summed E-state index contributed by atoms with van der Waals surface area (Å²) in [7, 11) is 0. The molecule has 92 valence electrons. The van der Waals surface area contributed by atoms with Gasteiger partial charge in [0.25, 0.3) is 5.95 Å². The van der Waals surface area contributed by atoms with Crippen molar-refractivity contribution in [3.63, 3.8) is 0 Å². The molecule has 0 amide bonds. The van der Waals surface area contributed by atoms with E-state index in [1.54, 1.807) is 0 Å². The fourth-order valence-electron chi connectivity index (χ4n) is 1.18. The second-order valence-corrected chi connectivity index (χ2v) is 3.99. The van der Waals surface area contributed by atoms with Crippen molar-refractivity contribution in [1.82, 2.24) is 19.7 Å². The van der Waals surface area contributed by atoms with Gasteiger partial charge in [0.05, 0.1) is 9.40 Å². The van der Waals surface area contributed by atoms with Crippen LogP contribution in [0.4, 0.5) is 5.69 Å². The van der Waals surface area contributed by atoms with Gasteiger partial charge < -0.3 is 5.11 Å². The van der Waals surface area contributed by atoms with Gasteiger partial charge in [-0.25, -0.2) is 14.8 Å². The van der Waals surface area contributed by atoms with Crippen molar-refractivity contribution in [2.24, 2.45) is 0 Å². The molecule has 0 aliphatic heterocycles. The van der Waals surface area contributed by atoms with Gasteiger partial charge in [-0.05, 0) is 15.9 Å². The second-order valence-electron chi connectivity index (χ2n) is 3.07. The van der Waals surface area contributed by atoms with E-state index in [9.17, 15) is 14.9 Å². The van der Waals surface area contributed by atoms with E-state index >= 15 is 0 Å². The predicted octanol–water partition coefficient (Wildman–Crippen LogP) is 1.03. The van der Waals surface area contributed by atoms with E-state index in [1.165, 1.54) is 12.4 Å². The lowest BCUT2D eigenvalue weighted by molar-refractivity contribution is -0.385. The maximum absolute atomic E-state index is 10.8. The zero-order chi connectivity index (χ0) is 13.3. The van der Waals surface area contributed by atoms with E-state index in [4.69, 9.17) is 5.11 Å². The van der Waals surface area contributed by atoms with E-state index < -0.39 is 22.3 Å². The molecule has 2 heterocycles. The van der Waals surface area contributed by atoms with E-state index in [1.807, 2.05) is 0 Å². The van der Waals surface area contributed by atoms with Crippen LogP contribution in [0.25, 0.3) is 5.95 Å². The molecule has 0 atom stereocenters. The Bertz CT molecular complexity index is 591. The highest BCUT2D eigenvalue weighted by Gasteiger charge is 2.26. The summed E-state index contributed by atoms with van der Waals surface area (Å²) in [6.45, 7) is 0. The van der Waals surface area contributed by atoms with E-state index in [0.717, 1.165) is 10.9 Å². The van der Waals surface area contributed by atoms with Crippen LogP contribution in [0.5, 0.6) is 0 Å². The third-order valence-corrected chi connectivity index (χ3v) is 2.32. The number of carboxylic acid groups (broad SMARTS) is 1. The SMILES string of the molecule is O=C(O)c1nn(-c2ncc(Br)cn2)cc1[N+](=O)[O-]. The Hall–Kier alpha value is -2.36. The summed E-state index contributed by atoms with van der Waals surface area (Å²) in [6.07, 6.45) is 3.78. The molecule has 9 nitrogen and oxygen atoms in total. The van der Waals surface area contributed by atoms with Crippen LogP contribution in [-0.4, -0.2) is 35.7 Å². The summed E-state index contributed by atoms with van der Waals surface area (Å²) in [5.74, 6) is -1.45. The van der Waals surface area contributed by atoms with Crippen LogP contribution in [0, 0.1) is 10.1 Å². The first kappa shape index (κ1) is 12.1. The fourth-order valence-corrected chi connectivity index (χ4v) is 1.38. The van der Waals surface area contributed by atoms with Crippen molar-refractivity contribution < 1.29 is 14.8 Å². The minimum Gasteiger partial charge on any atom is -0.476 e. The molecule has 2 aromatic heterocycles. The number of hydrogen-bond acceptors (Lipinski definition) is 6. The molecular weight excluding hydrogens is 310 g/mol. The van der Waals surface area contributed by atoms with Gasteiger partial charge >= 0.3 is 11.7 Å². The van der Waals surface area contributed by atoms with Gasteiger partial charge in [-0.3, -0.25) is 10.1 Å². The molecule has 0 spiro atoms. The maximum Gasteiger partial charge on any atom is 0.363 e. The summed E-state index contributed by atoms with van der Waals surface area (Å²) in [4.78, 5) is 28.3. The Morgan fingerprint density at radius 2 is 2.06 bits per heavy atom. The van der Waals surface area contributed by atoms with E-state index in [2.05, 4.69) is 31.0 Å². The van der Waals surface area contributed by atoms with Crippen LogP contribution in [0.15, 0.2) is 23.1 Å². The molecular formula is C8H4BrN5O4. The summed E-state index contributed by atoms with van der Waals surface area (Å²) >= 11 is 3.13. The number of rotatable bonds is 3. The predicted molar refractivity (Wildman–Crippen MR) is 60.5 cm³/mol. The van der Waals surface area contributed by atoms with Gasteiger partial charge in [-0.15, -0.1) is 0 Å². The van der Waals surface area contributed by atoms with Gasteiger partial charge in [0.15, 0.2) is 0 Å². The number of aromatic carboxylic acids is 1. The number of carbonyl (C=O) groups is 1. The van der Waals surface area contributed by atoms with Crippen molar-refractivity contribution in [1.29, 1.82) is 0 Å². The summed E-state index contributed by atoms with van der Waals surface area (Å²) in [6, 6.07) is 0. The lowest BCUT2D eigenvalue weighted by Gasteiger charge is -1.96. The Morgan fingerprint density at radius 3 is 2.50 bits per heavy atom. The van der Waals surface area contributed by atoms with E-state index in [-0.39, 0.29) is 5.95 Å². The molecule has 0 aliphatic rings. The smallest absolute Gasteiger partial charge is 0.363 e. The minimum atomic E-state index is -1.49. The number of halogens is 1. The molecule has 0 aromatic carbocycles. The number of aromatic nitrogens is 4. The average molecular weight is 314 g/mol. The average Bonchev–Trinajstić information content (AvgIpc) is 2.75. The topological polar surface area (TPSA) is 124 Å². The monoisotopic (exact) mass is 313 g/mol. The highest BCUT2D eigenvalue weighted by atomic mass is 79.9. The van der Waals surface area contributed by atoms with Crippen LogP contribution in [0.2, 0.25) is 0 Å². The van der Waals surface area contributed by atoms with Crippen molar-refractivity contribution in [2.45, 2.75) is 0 Å². The second kappa shape index (κ2) is 4.49. The van der Waals surface area contributed by atoms with Crippen molar-refractivity contribution in [2.75, 3.05) is 0 Å². The third kappa shape index (κ3) is 2.18. The summed E-state index contributed by atoms with van der Waals surface area (Å²) in [5.41, 5.74) is -1.28. The molecule has 0 unspecified atom stereocenters. The molecule has 0 fully saturated rings. The Kier molecular flexibility index (Phi) is 3.02. The normalized spacial score (nSPS) is 10.3. The van der Waals surface area contributed by atoms with Crippen LogP contribution < -0.4 is 0 Å². The Morgan fingerprint density at radius 1 is 1.44 bits per heavy atom. The highest BCUT2D eigenvalue weighted by Crippen LogP contribution is 2.18. The van der Waals surface area contributed by atoms with Gasteiger partial charge in [-0.2, -0.15) is 9.78 Å². The first-order valence-electron chi connectivity index (χ1n) is 4.44. The van der Waals surface area contributed by atoms with Crippen LogP contribution in [0.1, 0.15) is 10.5 Å². The van der Waals surface area contributed by atoms with Crippen LogP contribution in [0.3, 0.4) is 0 Å². The van der Waals surface area contributed by atoms with Crippen molar-refractivity contribution in [3.05, 3.63) is 38.9 Å². The van der Waals surface area contributed by atoms with Crippen LogP contribution >= 0.6 is 15.9 Å². The van der Waals surface area contributed by atoms with Crippen molar-refractivity contribution in [3.8, 4) is 5.95 Å². The van der Waals surface area contributed by atoms with Crippen LogP contribution in [-0.2, 0) is 0 Å². The Balaban J connectivity index is 2.53. The molecule has 0 aliphatic carbocycles. The fraction of sp³-hybridized carbons (Fsp3) is 0. The first-order chi connectivity index (χ1) is 8.49. The molecule has 0 saturated heterocycles. The molecule has 10 heteroatoms. The first-order valence-corrected chi connectivity index (χ1v) is 5.23. The molecule has 2 rings (SSSR count). The molecule has 0 radical (unpaired) electrons. The molecule has 2 aromatic rings. The zero-order valence-electron chi connectivity index (χ0n) is 8.52. The highest BCUT2D eigenvalue weighted by molar-refractivity contribution is 9.10. The third-order valence-electron chi connectivity index (χ3n) is 1.91. The van der Waals surface area contributed by atoms with Gasteiger partial charge in [-0.1, -0.05) is 0 Å².